The first kappa shape index (κ1) is 28.2. The zero-order valence-corrected chi connectivity index (χ0v) is 20.9. The Kier molecular flexibility index (Phi) is 10.7. The van der Waals surface area contributed by atoms with E-state index in [1.54, 1.807) is 57.2 Å². The summed E-state index contributed by atoms with van der Waals surface area (Å²) in [4.78, 5) is 48.1. The second-order valence-corrected chi connectivity index (χ2v) is 8.78. The Labute approximate surface area is 210 Å². The summed E-state index contributed by atoms with van der Waals surface area (Å²) in [6.07, 6.45) is -0.617. The third-order valence-electron chi connectivity index (χ3n) is 4.57. The average Bonchev–Trinajstić information content (AvgIpc) is 2.84. The Morgan fingerprint density at radius 3 is 2.19 bits per heavy atom. The summed E-state index contributed by atoms with van der Waals surface area (Å²) in [5, 5.41) is 4.89. The molecule has 0 saturated heterocycles. The van der Waals surface area contributed by atoms with Crippen molar-refractivity contribution in [2.75, 3.05) is 20.3 Å². The van der Waals surface area contributed by atoms with Gasteiger partial charge in [0.15, 0.2) is 6.61 Å². The molecule has 10 nitrogen and oxygen atoms in total. The molecule has 0 spiro atoms. The summed E-state index contributed by atoms with van der Waals surface area (Å²) < 4.78 is 20.5. The second kappa shape index (κ2) is 13.7. The highest BCUT2D eigenvalue weighted by atomic mass is 16.6. The van der Waals surface area contributed by atoms with Crippen LogP contribution in [0, 0.1) is 0 Å². The molecule has 2 N–H and O–H groups in total. The first-order valence-electron chi connectivity index (χ1n) is 11.3. The molecule has 2 aromatic carbocycles. The number of carbonyl (C=O) groups excluding carboxylic acids is 4. The molecule has 0 aromatic heterocycles. The third kappa shape index (κ3) is 10.9. The van der Waals surface area contributed by atoms with Crippen molar-refractivity contribution in [2.45, 2.75) is 45.4 Å². The van der Waals surface area contributed by atoms with Crippen LogP contribution in [0.1, 0.15) is 31.9 Å². The second-order valence-electron chi connectivity index (χ2n) is 8.78. The molecule has 0 aliphatic heterocycles. The summed E-state index contributed by atoms with van der Waals surface area (Å²) in [6, 6.07) is 14.8. The minimum atomic E-state index is -0.974. The Bertz CT molecular complexity index is 1020. The van der Waals surface area contributed by atoms with Crippen molar-refractivity contribution >= 4 is 23.9 Å². The number of esters is 2. The van der Waals surface area contributed by atoms with Crippen LogP contribution in [0.25, 0.3) is 0 Å². The summed E-state index contributed by atoms with van der Waals surface area (Å²) in [6.45, 7) is 4.76. The van der Waals surface area contributed by atoms with Crippen LogP contribution in [0.3, 0.4) is 0 Å². The normalized spacial score (nSPS) is 11.6. The van der Waals surface area contributed by atoms with Gasteiger partial charge in [-0.3, -0.25) is 4.79 Å². The molecule has 2 amide bonds. The molecule has 194 valence electrons. The number of ether oxygens (including phenoxy) is 4. The molecule has 0 fully saturated rings. The fraction of sp³-hybridized carbons (Fsp3) is 0.385. The SMILES string of the molecule is COC(=O)C(Cc1ccc(OCC(=O)OC(C)(C)C)cc1)NC(=O)CNC(=O)OCc1ccccc1. The molecule has 0 aliphatic carbocycles. The van der Waals surface area contributed by atoms with E-state index in [4.69, 9.17) is 18.9 Å². The Morgan fingerprint density at radius 2 is 1.58 bits per heavy atom. The van der Waals surface area contributed by atoms with Crippen molar-refractivity contribution < 1.29 is 38.1 Å². The number of methoxy groups -OCH3 is 1. The summed E-state index contributed by atoms with van der Waals surface area (Å²) in [7, 11) is 1.22. The molecule has 0 bridgehead atoms. The van der Waals surface area contributed by atoms with Crippen LogP contribution in [0.2, 0.25) is 0 Å². The lowest BCUT2D eigenvalue weighted by Crippen LogP contribution is -2.47. The minimum Gasteiger partial charge on any atom is -0.482 e. The van der Waals surface area contributed by atoms with Crippen molar-refractivity contribution in [1.29, 1.82) is 0 Å². The highest BCUT2D eigenvalue weighted by Gasteiger charge is 2.22. The van der Waals surface area contributed by atoms with Crippen LogP contribution < -0.4 is 15.4 Å². The van der Waals surface area contributed by atoms with Crippen molar-refractivity contribution in [1.82, 2.24) is 10.6 Å². The predicted octanol–water partition coefficient (Wildman–Crippen LogP) is 2.53. The van der Waals surface area contributed by atoms with Crippen LogP contribution in [-0.2, 0) is 41.6 Å². The van der Waals surface area contributed by atoms with E-state index in [1.807, 2.05) is 18.2 Å². The number of hydrogen-bond donors (Lipinski definition) is 2. The van der Waals surface area contributed by atoms with E-state index in [1.165, 1.54) is 7.11 Å². The van der Waals surface area contributed by atoms with Gasteiger partial charge < -0.3 is 29.6 Å². The standard InChI is InChI=1S/C26H32N2O8/c1-26(2,3)36-23(30)17-34-20-12-10-18(11-13-20)14-21(24(31)33-4)28-22(29)15-27-25(32)35-16-19-8-6-5-7-9-19/h5-13,21H,14-17H2,1-4H3,(H,27,32)(H,28,29). The largest absolute Gasteiger partial charge is 0.482 e. The third-order valence-corrected chi connectivity index (χ3v) is 4.57. The van der Waals surface area contributed by atoms with Gasteiger partial charge in [0.25, 0.3) is 0 Å². The van der Waals surface area contributed by atoms with E-state index >= 15 is 0 Å². The van der Waals surface area contributed by atoms with Crippen LogP contribution in [0.5, 0.6) is 5.75 Å². The van der Waals surface area contributed by atoms with Gasteiger partial charge in [-0.25, -0.2) is 14.4 Å². The molecule has 1 atom stereocenters. The number of nitrogens with one attached hydrogen (secondary N) is 2. The molecule has 0 saturated carbocycles. The fourth-order valence-corrected chi connectivity index (χ4v) is 2.98. The molecule has 0 aliphatic rings. The average molecular weight is 501 g/mol. The molecule has 2 aromatic rings. The molecule has 0 radical (unpaired) electrons. The number of carbonyl (C=O) groups is 4. The lowest BCUT2D eigenvalue weighted by Gasteiger charge is -2.19. The van der Waals surface area contributed by atoms with E-state index in [0.29, 0.717) is 11.3 Å². The van der Waals surface area contributed by atoms with Crippen molar-refractivity contribution in [3.8, 4) is 5.75 Å². The van der Waals surface area contributed by atoms with Gasteiger partial charge >= 0.3 is 18.0 Å². The maximum atomic E-state index is 12.3. The fourth-order valence-electron chi connectivity index (χ4n) is 2.98. The van der Waals surface area contributed by atoms with E-state index in [-0.39, 0.29) is 26.2 Å². The number of rotatable bonds is 11. The van der Waals surface area contributed by atoms with Gasteiger partial charge in [-0.15, -0.1) is 0 Å². The van der Waals surface area contributed by atoms with Crippen LogP contribution in [-0.4, -0.2) is 55.8 Å². The quantitative estimate of drug-likeness (QED) is 0.356. The van der Waals surface area contributed by atoms with Crippen molar-refractivity contribution in [3.05, 3.63) is 65.7 Å². The lowest BCUT2D eigenvalue weighted by molar-refractivity contribution is -0.157. The maximum Gasteiger partial charge on any atom is 0.407 e. The highest BCUT2D eigenvalue weighted by Crippen LogP contribution is 2.15. The molecule has 0 heterocycles. The van der Waals surface area contributed by atoms with Crippen LogP contribution >= 0.6 is 0 Å². The van der Waals surface area contributed by atoms with E-state index in [0.717, 1.165) is 5.56 Å². The van der Waals surface area contributed by atoms with E-state index < -0.39 is 35.6 Å². The number of benzene rings is 2. The van der Waals surface area contributed by atoms with Crippen molar-refractivity contribution in [2.24, 2.45) is 0 Å². The number of amides is 2. The first-order valence-corrected chi connectivity index (χ1v) is 11.3. The molecule has 1 unspecified atom stereocenters. The Morgan fingerprint density at radius 1 is 0.917 bits per heavy atom. The molecule has 10 heteroatoms. The van der Waals surface area contributed by atoms with Gasteiger partial charge in [-0.2, -0.15) is 0 Å². The monoisotopic (exact) mass is 500 g/mol. The smallest absolute Gasteiger partial charge is 0.407 e. The van der Waals surface area contributed by atoms with Gasteiger partial charge in [0.05, 0.1) is 7.11 Å². The van der Waals surface area contributed by atoms with Gasteiger partial charge in [0, 0.05) is 6.42 Å². The molecular weight excluding hydrogens is 468 g/mol. The van der Waals surface area contributed by atoms with Gasteiger partial charge in [0.1, 0.15) is 30.5 Å². The lowest BCUT2D eigenvalue weighted by atomic mass is 10.1. The maximum absolute atomic E-state index is 12.3. The Balaban J connectivity index is 1.82. The topological polar surface area (TPSA) is 129 Å². The van der Waals surface area contributed by atoms with E-state index in [9.17, 15) is 19.2 Å². The number of alkyl carbamates (subject to hydrolysis) is 1. The predicted molar refractivity (Wildman–Crippen MR) is 130 cm³/mol. The Hall–Kier alpha value is -4.08. The van der Waals surface area contributed by atoms with Gasteiger partial charge in [-0.1, -0.05) is 42.5 Å². The molecular formula is C26H32N2O8. The van der Waals surface area contributed by atoms with Gasteiger partial charge in [-0.05, 0) is 44.0 Å². The van der Waals surface area contributed by atoms with Gasteiger partial charge in [0.2, 0.25) is 5.91 Å². The minimum absolute atomic E-state index is 0.0660. The summed E-state index contributed by atoms with van der Waals surface area (Å²) in [5.74, 6) is -1.27. The van der Waals surface area contributed by atoms with Crippen molar-refractivity contribution in [3.63, 3.8) is 0 Å². The zero-order valence-electron chi connectivity index (χ0n) is 20.9. The molecule has 36 heavy (non-hydrogen) atoms. The summed E-state index contributed by atoms with van der Waals surface area (Å²) >= 11 is 0. The zero-order chi connectivity index (χ0) is 26.6. The highest BCUT2D eigenvalue weighted by molar-refractivity contribution is 5.87. The van der Waals surface area contributed by atoms with E-state index in [2.05, 4.69) is 10.6 Å². The number of hydrogen-bond acceptors (Lipinski definition) is 8. The van der Waals surface area contributed by atoms with Crippen LogP contribution in [0.15, 0.2) is 54.6 Å². The summed E-state index contributed by atoms with van der Waals surface area (Å²) in [5.41, 5.74) is 0.921. The van der Waals surface area contributed by atoms with Crippen LogP contribution in [0.4, 0.5) is 4.79 Å². The molecule has 2 rings (SSSR count). The first-order chi connectivity index (χ1) is 17.1.